The van der Waals surface area contributed by atoms with Gasteiger partial charge in [-0.3, -0.25) is 9.59 Å². The van der Waals surface area contributed by atoms with E-state index in [-0.39, 0.29) is 5.41 Å². The Morgan fingerprint density at radius 3 is 2.47 bits per heavy atom. The van der Waals surface area contributed by atoms with Gasteiger partial charge in [0.05, 0.1) is 0 Å². The summed E-state index contributed by atoms with van der Waals surface area (Å²) in [5.74, 6) is -2.85. The van der Waals surface area contributed by atoms with Gasteiger partial charge in [-0.15, -0.1) is 0 Å². The molecule has 4 nitrogen and oxygen atoms in total. The summed E-state index contributed by atoms with van der Waals surface area (Å²) < 4.78 is 0. The predicted octanol–water partition coefficient (Wildman–Crippen LogP) is 1.30. The Kier molecular flexibility index (Phi) is 2.71. The minimum atomic E-state index is -1.16. The molecule has 0 radical (unpaired) electrons. The van der Waals surface area contributed by atoms with Crippen molar-refractivity contribution in [1.82, 2.24) is 5.32 Å². The minimum Gasteiger partial charge on any atom is -0.480 e. The molecular formula is C11H15NO3. The second-order valence-electron chi connectivity index (χ2n) is 4.61. The summed E-state index contributed by atoms with van der Waals surface area (Å²) in [6.07, 6.45) is 1.55. The smallest absolute Gasteiger partial charge is 0.320 e. The van der Waals surface area contributed by atoms with Crippen LogP contribution in [0, 0.1) is 11.3 Å². The van der Waals surface area contributed by atoms with Crippen LogP contribution in [0.15, 0.2) is 23.9 Å². The third kappa shape index (κ3) is 2.09. The van der Waals surface area contributed by atoms with Gasteiger partial charge in [0.1, 0.15) is 0 Å². The number of aliphatic carboxylic acids is 1. The van der Waals surface area contributed by atoms with Crippen LogP contribution in [0.25, 0.3) is 0 Å². The zero-order chi connectivity index (χ0) is 11.8. The SMILES string of the molecule is C=C1C(C(C)(C)C)=CNC(=O)C1C(=O)O. The molecule has 1 heterocycles. The third-order valence-corrected chi connectivity index (χ3v) is 2.37. The van der Waals surface area contributed by atoms with Gasteiger partial charge in [-0.25, -0.2) is 0 Å². The molecule has 1 aliphatic heterocycles. The van der Waals surface area contributed by atoms with Gasteiger partial charge in [-0.05, 0) is 16.6 Å². The van der Waals surface area contributed by atoms with Crippen LogP contribution in [-0.2, 0) is 9.59 Å². The first-order chi connectivity index (χ1) is 6.75. The van der Waals surface area contributed by atoms with Gasteiger partial charge >= 0.3 is 5.97 Å². The Bertz CT molecular complexity index is 361. The van der Waals surface area contributed by atoms with Crippen molar-refractivity contribution in [3.8, 4) is 0 Å². The zero-order valence-corrected chi connectivity index (χ0v) is 9.13. The van der Waals surface area contributed by atoms with Crippen LogP contribution in [0.3, 0.4) is 0 Å². The molecular weight excluding hydrogens is 194 g/mol. The topological polar surface area (TPSA) is 66.4 Å². The van der Waals surface area contributed by atoms with Gasteiger partial charge < -0.3 is 10.4 Å². The van der Waals surface area contributed by atoms with Crippen molar-refractivity contribution in [2.45, 2.75) is 20.8 Å². The lowest BCUT2D eigenvalue weighted by molar-refractivity contribution is -0.145. The second-order valence-corrected chi connectivity index (χ2v) is 4.61. The molecule has 0 bridgehead atoms. The van der Waals surface area contributed by atoms with E-state index in [0.717, 1.165) is 5.57 Å². The van der Waals surface area contributed by atoms with E-state index in [4.69, 9.17) is 5.11 Å². The molecule has 82 valence electrons. The van der Waals surface area contributed by atoms with Crippen LogP contribution in [0.5, 0.6) is 0 Å². The summed E-state index contributed by atoms with van der Waals surface area (Å²) in [7, 11) is 0. The first-order valence-electron chi connectivity index (χ1n) is 4.68. The number of carboxylic acid groups (broad SMARTS) is 1. The Balaban J connectivity index is 3.12. The van der Waals surface area contributed by atoms with E-state index >= 15 is 0 Å². The van der Waals surface area contributed by atoms with Crippen molar-refractivity contribution in [2.24, 2.45) is 11.3 Å². The number of nitrogens with one attached hydrogen (secondary N) is 1. The van der Waals surface area contributed by atoms with Gasteiger partial charge in [0, 0.05) is 6.20 Å². The molecule has 1 atom stereocenters. The van der Waals surface area contributed by atoms with E-state index in [9.17, 15) is 9.59 Å². The van der Waals surface area contributed by atoms with Crippen molar-refractivity contribution in [3.05, 3.63) is 23.9 Å². The molecule has 1 aliphatic rings. The zero-order valence-electron chi connectivity index (χ0n) is 9.13. The summed E-state index contributed by atoms with van der Waals surface area (Å²) in [5.41, 5.74) is 0.923. The predicted molar refractivity (Wildman–Crippen MR) is 55.9 cm³/mol. The monoisotopic (exact) mass is 209 g/mol. The van der Waals surface area contributed by atoms with Crippen molar-refractivity contribution >= 4 is 11.9 Å². The summed E-state index contributed by atoms with van der Waals surface area (Å²) in [6, 6.07) is 0. The highest BCUT2D eigenvalue weighted by Crippen LogP contribution is 2.35. The first-order valence-corrected chi connectivity index (χ1v) is 4.68. The largest absolute Gasteiger partial charge is 0.480 e. The maximum absolute atomic E-state index is 11.3. The summed E-state index contributed by atoms with van der Waals surface area (Å²) in [5, 5.41) is 11.4. The number of allylic oxidation sites excluding steroid dienone is 1. The van der Waals surface area contributed by atoms with E-state index in [1.165, 1.54) is 0 Å². The van der Waals surface area contributed by atoms with E-state index in [2.05, 4.69) is 11.9 Å². The lowest BCUT2D eigenvalue weighted by Gasteiger charge is -2.30. The molecule has 0 spiro atoms. The summed E-state index contributed by atoms with van der Waals surface area (Å²) in [6.45, 7) is 9.54. The number of rotatable bonds is 1. The average molecular weight is 209 g/mol. The lowest BCUT2D eigenvalue weighted by atomic mass is 9.77. The maximum atomic E-state index is 11.3. The molecule has 1 unspecified atom stereocenters. The fourth-order valence-corrected chi connectivity index (χ4v) is 1.59. The number of carbonyl (C=O) groups is 2. The van der Waals surface area contributed by atoms with Gasteiger partial charge in [-0.1, -0.05) is 27.4 Å². The molecule has 0 aromatic rings. The molecule has 4 heteroatoms. The van der Waals surface area contributed by atoms with Crippen LogP contribution in [-0.4, -0.2) is 17.0 Å². The number of carboxylic acids is 1. The number of hydrogen-bond acceptors (Lipinski definition) is 2. The van der Waals surface area contributed by atoms with E-state index in [0.29, 0.717) is 5.57 Å². The second kappa shape index (κ2) is 3.53. The molecule has 15 heavy (non-hydrogen) atoms. The molecule has 0 fully saturated rings. The van der Waals surface area contributed by atoms with E-state index in [1.54, 1.807) is 6.20 Å². The average Bonchev–Trinajstić information content (AvgIpc) is 2.00. The molecule has 2 N–H and O–H groups in total. The Morgan fingerprint density at radius 1 is 1.53 bits per heavy atom. The van der Waals surface area contributed by atoms with Crippen LogP contribution in [0.1, 0.15) is 20.8 Å². The maximum Gasteiger partial charge on any atom is 0.320 e. The standard InChI is InChI=1S/C11H15NO3/c1-6-7(11(2,3)4)5-12-9(13)8(6)10(14)15/h5,8H,1H2,2-4H3,(H,12,13)(H,14,15). The normalized spacial score (nSPS) is 22.1. The van der Waals surface area contributed by atoms with Crippen LogP contribution < -0.4 is 5.32 Å². The third-order valence-electron chi connectivity index (χ3n) is 2.37. The first kappa shape index (κ1) is 11.5. The summed E-state index contributed by atoms with van der Waals surface area (Å²) in [4.78, 5) is 22.2. The molecule has 0 aromatic carbocycles. The van der Waals surface area contributed by atoms with Crippen molar-refractivity contribution in [1.29, 1.82) is 0 Å². The van der Waals surface area contributed by atoms with Gasteiger partial charge in [0.15, 0.2) is 5.92 Å². The Morgan fingerprint density at radius 2 is 2.07 bits per heavy atom. The lowest BCUT2D eigenvalue weighted by Crippen LogP contribution is -2.39. The Hall–Kier alpha value is -1.58. The molecule has 0 saturated carbocycles. The van der Waals surface area contributed by atoms with Crippen molar-refractivity contribution < 1.29 is 14.7 Å². The van der Waals surface area contributed by atoms with Gasteiger partial charge in [0.2, 0.25) is 5.91 Å². The molecule has 0 saturated heterocycles. The fraction of sp³-hybridized carbons (Fsp3) is 0.455. The van der Waals surface area contributed by atoms with Gasteiger partial charge in [0.25, 0.3) is 0 Å². The highest BCUT2D eigenvalue weighted by atomic mass is 16.4. The van der Waals surface area contributed by atoms with E-state index in [1.807, 2.05) is 20.8 Å². The van der Waals surface area contributed by atoms with Gasteiger partial charge in [-0.2, -0.15) is 0 Å². The number of carbonyl (C=O) groups excluding carboxylic acids is 1. The molecule has 0 aromatic heterocycles. The van der Waals surface area contributed by atoms with E-state index < -0.39 is 17.8 Å². The Labute approximate surface area is 88.7 Å². The minimum absolute atomic E-state index is 0.224. The highest BCUT2D eigenvalue weighted by molar-refractivity contribution is 6.02. The fourth-order valence-electron chi connectivity index (χ4n) is 1.59. The van der Waals surface area contributed by atoms with Crippen molar-refractivity contribution in [3.63, 3.8) is 0 Å². The highest BCUT2D eigenvalue weighted by Gasteiger charge is 2.36. The summed E-state index contributed by atoms with van der Waals surface area (Å²) >= 11 is 0. The van der Waals surface area contributed by atoms with Crippen LogP contribution >= 0.6 is 0 Å². The number of amides is 1. The molecule has 0 aliphatic carbocycles. The number of hydrogen-bond donors (Lipinski definition) is 2. The molecule has 1 rings (SSSR count). The van der Waals surface area contributed by atoms with Crippen LogP contribution in [0.2, 0.25) is 0 Å². The molecule has 1 amide bonds. The van der Waals surface area contributed by atoms with Crippen molar-refractivity contribution in [2.75, 3.05) is 0 Å². The van der Waals surface area contributed by atoms with Crippen LogP contribution in [0.4, 0.5) is 0 Å². The quantitative estimate of drug-likeness (QED) is 0.640.